The van der Waals surface area contributed by atoms with Crippen LogP contribution in [0.2, 0.25) is 0 Å². The van der Waals surface area contributed by atoms with Crippen LogP contribution in [0.3, 0.4) is 0 Å². The summed E-state index contributed by atoms with van der Waals surface area (Å²) in [6.07, 6.45) is 3.57. The summed E-state index contributed by atoms with van der Waals surface area (Å²) in [6, 6.07) is 1.03. The molecular formula is C14H22N4O3. The predicted octanol–water partition coefficient (Wildman–Crippen LogP) is 1.75. The third kappa shape index (κ3) is 5.39. The Labute approximate surface area is 124 Å². The van der Waals surface area contributed by atoms with Crippen LogP contribution in [0.25, 0.3) is 0 Å². The first kappa shape index (κ1) is 16.9. The lowest BCUT2D eigenvalue weighted by molar-refractivity contribution is 0.0706. The Bertz CT molecular complexity index is 511. The first-order chi connectivity index (χ1) is 9.76. The fourth-order valence-corrected chi connectivity index (χ4v) is 1.79. The van der Waals surface area contributed by atoms with Crippen LogP contribution in [0.15, 0.2) is 18.5 Å². The van der Waals surface area contributed by atoms with E-state index in [1.54, 1.807) is 17.7 Å². The van der Waals surface area contributed by atoms with Gasteiger partial charge in [-0.1, -0.05) is 6.92 Å². The molecule has 1 heterocycles. The quantitative estimate of drug-likeness (QED) is 0.501. The lowest BCUT2D eigenvalue weighted by atomic mass is 10.0. The van der Waals surface area contributed by atoms with Gasteiger partial charge in [0, 0.05) is 17.9 Å². The molecule has 0 saturated carbocycles. The Balaban J connectivity index is 2.85. The molecule has 0 aliphatic carbocycles. The van der Waals surface area contributed by atoms with E-state index in [2.05, 4.69) is 15.6 Å². The standard InChI is InChI=1S/C14H22N4O3/c1-5-11(16-13(20)17-14(2,3)4)9-6-10(8-15-7-9)12(19)18-21/h6-8,11,21H,5H2,1-4H3,(H,18,19)(H2,16,17,20)/t11-/m1/s1. The summed E-state index contributed by atoms with van der Waals surface area (Å²) in [5.74, 6) is -0.640. The second kappa shape index (κ2) is 7.03. The van der Waals surface area contributed by atoms with Crippen LogP contribution >= 0.6 is 0 Å². The van der Waals surface area contributed by atoms with Gasteiger partial charge in [0.15, 0.2) is 0 Å². The molecule has 0 aliphatic heterocycles. The molecule has 1 aromatic heterocycles. The number of carbonyl (C=O) groups is 2. The Kier molecular flexibility index (Phi) is 5.66. The zero-order chi connectivity index (χ0) is 16.0. The van der Waals surface area contributed by atoms with Crippen molar-refractivity contribution in [3.63, 3.8) is 0 Å². The minimum Gasteiger partial charge on any atom is -0.334 e. The summed E-state index contributed by atoms with van der Waals surface area (Å²) in [7, 11) is 0. The first-order valence-corrected chi connectivity index (χ1v) is 6.75. The Morgan fingerprint density at radius 3 is 2.52 bits per heavy atom. The van der Waals surface area contributed by atoms with Crippen molar-refractivity contribution < 1.29 is 14.8 Å². The lowest BCUT2D eigenvalue weighted by Crippen LogP contribution is -2.47. The summed E-state index contributed by atoms with van der Waals surface area (Å²) in [5.41, 5.74) is 2.15. The third-order valence-corrected chi connectivity index (χ3v) is 2.73. The van der Waals surface area contributed by atoms with E-state index in [4.69, 9.17) is 5.21 Å². The van der Waals surface area contributed by atoms with E-state index in [-0.39, 0.29) is 23.2 Å². The number of amides is 3. The van der Waals surface area contributed by atoms with Gasteiger partial charge in [-0.3, -0.25) is 15.0 Å². The third-order valence-electron chi connectivity index (χ3n) is 2.73. The molecule has 7 heteroatoms. The SMILES string of the molecule is CC[C@@H](NC(=O)NC(C)(C)C)c1cncc(C(=O)NO)c1. The molecule has 21 heavy (non-hydrogen) atoms. The van der Waals surface area contributed by atoms with E-state index in [0.29, 0.717) is 12.0 Å². The molecule has 1 rings (SSSR count). The van der Waals surface area contributed by atoms with Gasteiger partial charge >= 0.3 is 6.03 Å². The maximum absolute atomic E-state index is 11.9. The minimum atomic E-state index is -0.640. The summed E-state index contributed by atoms with van der Waals surface area (Å²) < 4.78 is 0. The van der Waals surface area contributed by atoms with Crippen molar-refractivity contribution in [2.75, 3.05) is 0 Å². The zero-order valence-electron chi connectivity index (χ0n) is 12.7. The minimum absolute atomic E-state index is 0.228. The molecule has 0 bridgehead atoms. The van der Waals surface area contributed by atoms with Gasteiger partial charge in [0.25, 0.3) is 5.91 Å². The van der Waals surface area contributed by atoms with Crippen molar-refractivity contribution in [2.24, 2.45) is 0 Å². The molecule has 3 amide bonds. The maximum Gasteiger partial charge on any atom is 0.315 e. The molecule has 0 aromatic carbocycles. The van der Waals surface area contributed by atoms with Crippen LogP contribution in [0, 0.1) is 0 Å². The highest BCUT2D eigenvalue weighted by molar-refractivity contribution is 5.93. The number of carbonyl (C=O) groups excluding carboxylic acids is 2. The van der Waals surface area contributed by atoms with Crippen LogP contribution in [0.4, 0.5) is 4.79 Å². The average Bonchev–Trinajstić information content (AvgIpc) is 2.42. The average molecular weight is 294 g/mol. The van der Waals surface area contributed by atoms with Gasteiger partial charge in [-0.05, 0) is 38.8 Å². The van der Waals surface area contributed by atoms with E-state index in [9.17, 15) is 9.59 Å². The summed E-state index contributed by atoms with van der Waals surface area (Å²) >= 11 is 0. The van der Waals surface area contributed by atoms with E-state index in [1.165, 1.54) is 6.20 Å². The van der Waals surface area contributed by atoms with Gasteiger partial charge in [-0.25, -0.2) is 10.3 Å². The van der Waals surface area contributed by atoms with Gasteiger partial charge in [0.1, 0.15) is 0 Å². The Hall–Kier alpha value is -2.15. The van der Waals surface area contributed by atoms with E-state index in [1.807, 2.05) is 27.7 Å². The van der Waals surface area contributed by atoms with Crippen LogP contribution in [0.5, 0.6) is 0 Å². The van der Waals surface area contributed by atoms with Crippen molar-refractivity contribution in [3.8, 4) is 0 Å². The largest absolute Gasteiger partial charge is 0.334 e. The molecular weight excluding hydrogens is 272 g/mol. The van der Waals surface area contributed by atoms with Crippen molar-refractivity contribution >= 4 is 11.9 Å². The van der Waals surface area contributed by atoms with Crippen LogP contribution in [0.1, 0.15) is 56.1 Å². The molecule has 4 N–H and O–H groups in total. The monoisotopic (exact) mass is 294 g/mol. The summed E-state index contributed by atoms with van der Waals surface area (Å²) in [6.45, 7) is 7.59. The lowest BCUT2D eigenvalue weighted by Gasteiger charge is -2.24. The smallest absolute Gasteiger partial charge is 0.315 e. The van der Waals surface area contributed by atoms with Crippen LogP contribution in [-0.2, 0) is 0 Å². The van der Waals surface area contributed by atoms with Crippen LogP contribution in [-0.4, -0.2) is 27.7 Å². The summed E-state index contributed by atoms with van der Waals surface area (Å²) in [5, 5.41) is 14.3. The van der Waals surface area contributed by atoms with E-state index >= 15 is 0 Å². The molecule has 0 spiro atoms. The number of pyridine rings is 1. The molecule has 116 valence electrons. The molecule has 0 saturated heterocycles. The number of hydrogen-bond acceptors (Lipinski definition) is 4. The Morgan fingerprint density at radius 1 is 1.33 bits per heavy atom. The number of urea groups is 1. The Morgan fingerprint density at radius 2 is 2.00 bits per heavy atom. The van der Waals surface area contributed by atoms with Crippen molar-refractivity contribution in [1.29, 1.82) is 0 Å². The van der Waals surface area contributed by atoms with E-state index < -0.39 is 5.91 Å². The summed E-state index contributed by atoms with van der Waals surface area (Å²) in [4.78, 5) is 27.3. The van der Waals surface area contributed by atoms with Gasteiger partial charge in [-0.15, -0.1) is 0 Å². The number of hydroxylamine groups is 1. The molecule has 0 aliphatic rings. The van der Waals surface area contributed by atoms with Crippen molar-refractivity contribution in [2.45, 2.75) is 45.7 Å². The van der Waals surface area contributed by atoms with Crippen molar-refractivity contribution in [3.05, 3.63) is 29.6 Å². The van der Waals surface area contributed by atoms with Crippen molar-refractivity contribution in [1.82, 2.24) is 21.1 Å². The number of aromatic nitrogens is 1. The van der Waals surface area contributed by atoms with Gasteiger partial charge in [-0.2, -0.15) is 0 Å². The maximum atomic E-state index is 11.9. The second-order valence-electron chi connectivity index (χ2n) is 5.76. The first-order valence-electron chi connectivity index (χ1n) is 6.75. The zero-order valence-corrected chi connectivity index (χ0v) is 12.7. The normalized spacial score (nSPS) is 12.4. The topological polar surface area (TPSA) is 103 Å². The predicted molar refractivity (Wildman–Crippen MR) is 77.9 cm³/mol. The number of nitrogens with one attached hydrogen (secondary N) is 3. The number of nitrogens with zero attached hydrogens (tertiary/aromatic N) is 1. The van der Waals surface area contributed by atoms with Crippen LogP contribution < -0.4 is 16.1 Å². The number of hydrogen-bond donors (Lipinski definition) is 4. The highest BCUT2D eigenvalue weighted by Gasteiger charge is 2.18. The fraction of sp³-hybridized carbons (Fsp3) is 0.500. The second-order valence-corrected chi connectivity index (χ2v) is 5.76. The molecule has 7 nitrogen and oxygen atoms in total. The molecule has 1 aromatic rings. The molecule has 0 fully saturated rings. The molecule has 0 unspecified atom stereocenters. The fourth-order valence-electron chi connectivity index (χ4n) is 1.79. The molecule has 0 radical (unpaired) electrons. The van der Waals surface area contributed by atoms with Gasteiger partial charge in [0.2, 0.25) is 0 Å². The highest BCUT2D eigenvalue weighted by atomic mass is 16.5. The number of rotatable bonds is 4. The molecule has 1 atom stereocenters. The van der Waals surface area contributed by atoms with E-state index in [0.717, 1.165) is 0 Å². The van der Waals surface area contributed by atoms with Gasteiger partial charge in [0.05, 0.1) is 11.6 Å². The highest BCUT2D eigenvalue weighted by Crippen LogP contribution is 2.17. The van der Waals surface area contributed by atoms with Gasteiger partial charge < -0.3 is 10.6 Å².